The van der Waals surface area contributed by atoms with Crippen LogP contribution in [-0.2, 0) is 6.54 Å². The first-order valence-electron chi connectivity index (χ1n) is 7.11. The highest BCUT2D eigenvalue weighted by Gasteiger charge is 2.42. The minimum absolute atomic E-state index is 0.537. The van der Waals surface area contributed by atoms with Crippen molar-refractivity contribution in [3.05, 3.63) is 36.0 Å². The Kier molecular flexibility index (Phi) is 3.33. The summed E-state index contributed by atoms with van der Waals surface area (Å²) in [7, 11) is 4.29. The summed E-state index contributed by atoms with van der Waals surface area (Å²) in [6.45, 7) is 3.36. The lowest BCUT2D eigenvalue weighted by Crippen LogP contribution is -2.32. The highest BCUT2D eigenvalue weighted by atomic mass is 15.1. The maximum absolute atomic E-state index is 3.36. The number of aromatic amines is 1. The van der Waals surface area contributed by atoms with Crippen molar-refractivity contribution in [1.29, 1.82) is 0 Å². The molecule has 1 aliphatic carbocycles. The Hall–Kier alpha value is -1.32. The maximum atomic E-state index is 3.36. The number of nitrogens with one attached hydrogen (secondary N) is 2. The van der Waals surface area contributed by atoms with Crippen LogP contribution in [0.4, 0.5) is 0 Å². The van der Waals surface area contributed by atoms with Crippen LogP contribution in [0.5, 0.6) is 0 Å². The van der Waals surface area contributed by atoms with Gasteiger partial charge in [-0.3, -0.25) is 0 Å². The summed E-state index contributed by atoms with van der Waals surface area (Å²) in [5.41, 5.74) is 3.18. The fourth-order valence-electron chi connectivity index (χ4n) is 3.12. The normalized spacial score (nSPS) is 17.2. The molecule has 1 saturated carbocycles. The Morgan fingerprint density at radius 1 is 1.32 bits per heavy atom. The van der Waals surface area contributed by atoms with E-state index in [0.717, 1.165) is 13.1 Å². The summed E-state index contributed by atoms with van der Waals surface area (Å²) in [4.78, 5) is 5.82. The third-order valence-corrected chi connectivity index (χ3v) is 4.23. The summed E-state index contributed by atoms with van der Waals surface area (Å²) >= 11 is 0. The van der Waals surface area contributed by atoms with Gasteiger partial charge in [-0.05, 0) is 44.0 Å². The predicted molar refractivity (Wildman–Crippen MR) is 80.2 cm³/mol. The number of para-hydroxylation sites is 1. The standard InChI is InChI=1S/C16H23N3/c1-17-11-16(7-8-16)12-19(2)10-13-9-18-15-6-4-3-5-14(13)15/h3-6,9,17-18H,7-8,10-12H2,1-2H3. The zero-order valence-corrected chi connectivity index (χ0v) is 11.9. The van der Waals surface area contributed by atoms with Crippen LogP contribution >= 0.6 is 0 Å². The number of fused-ring (bicyclic) bond motifs is 1. The van der Waals surface area contributed by atoms with Gasteiger partial charge in [0.1, 0.15) is 0 Å². The molecule has 1 aromatic carbocycles. The second-order valence-electron chi connectivity index (χ2n) is 6.06. The van der Waals surface area contributed by atoms with Crippen LogP contribution in [-0.4, -0.2) is 37.1 Å². The van der Waals surface area contributed by atoms with Crippen LogP contribution < -0.4 is 5.32 Å². The number of hydrogen-bond donors (Lipinski definition) is 2. The highest BCUT2D eigenvalue weighted by molar-refractivity contribution is 5.82. The molecule has 2 N–H and O–H groups in total. The molecule has 1 aliphatic rings. The molecule has 2 aromatic rings. The van der Waals surface area contributed by atoms with Gasteiger partial charge in [0.25, 0.3) is 0 Å². The first-order valence-corrected chi connectivity index (χ1v) is 7.11. The average molecular weight is 257 g/mol. The van der Waals surface area contributed by atoms with Crippen molar-refractivity contribution in [1.82, 2.24) is 15.2 Å². The van der Waals surface area contributed by atoms with Crippen LogP contribution in [0.3, 0.4) is 0 Å². The van der Waals surface area contributed by atoms with E-state index in [1.54, 1.807) is 0 Å². The van der Waals surface area contributed by atoms with E-state index in [2.05, 4.69) is 59.8 Å². The zero-order valence-electron chi connectivity index (χ0n) is 11.9. The van der Waals surface area contributed by atoms with Gasteiger partial charge >= 0.3 is 0 Å². The first-order chi connectivity index (χ1) is 9.22. The van der Waals surface area contributed by atoms with Gasteiger partial charge in [-0.25, -0.2) is 0 Å². The van der Waals surface area contributed by atoms with E-state index >= 15 is 0 Å². The summed E-state index contributed by atoms with van der Waals surface area (Å²) in [5, 5.41) is 4.69. The van der Waals surface area contributed by atoms with Gasteiger partial charge in [0, 0.05) is 36.7 Å². The fraction of sp³-hybridized carbons (Fsp3) is 0.500. The Morgan fingerprint density at radius 2 is 2.11 bits per heavy atom. The smallest absolute Gasteiger partial charge is 0.0457 e. The SMILES string of the molecule is CNCC1(CN(C)Cc2c[nH]c3ccccc23)CC1. The number of hydrogen-bond acceptors (Lipinski definition) is 2. The van der Waals surface area contributed by atoms with Crippen molar-refractivity contribution < 1.29 is 0 Å². The van der Waals surface area contributed by atoms with Gasteiger partial charge in [-0.1, -0.05) is 18.2 Å². The molecule has 1 heterocycles. The van der Waals surface area contributed by atoms with Gasteiger partial charge in [0.15, 0.2) is 0 Å². The Labute approximate surface area is 115 Å². The molecule has 0 atom stereocenters. The minimum atomic E-state index is 0.537. The molecular formula is C16H23N3. The van der Waals surface area contributed by atoms with Gasteiger partial charge in [0.2, 0.25) is 0 Å². The number of nitrogens with zero attached hydrogens (tertiary/aromatic N) is 1. The molecule has 1 fully saturated rings. The number of benzene rings is 1. The van der Waals surface area contributed by atoms with Crippen LogP contribution in [0, 0.1) is 5.41 Å². The summed E-state index contributed by atoms with van der Waals surface area (Å²) in [6.07, 6.45) is 4.89. The second kappa shape index (κ2) is 4.99. The fourth-order valence-corrected chi connectivity index (χ4v) is 3.12. The molecule has 3 rings (SSSR count). The summed E-state index contributed by atoms with van der Waals surface area (Å²) in [5.74, 6) is 0. The summed E-state index contributed by atoms with van der Waals surface area (Å²) in [6, 6.07) is 8.54. The Morgan fingerprint density at radius 3 is 2.84 bits per heavy atom. The predicted octanol–water partition coefficient (Wildman–Crippen LogP) is 2.60. The van der Waals surface area contributed by atoms with Gasteiger partial charge in [-0.2, -0.15) is 0 Å². The van der Waals surface area contributed by atoms with Gasteiger partial charge in [-0.15, -0.1) is 0 Å². The molecule has 0 radical (unpaired) electrons. The van der Waals surface area contributed by atoms with Crippen molar-refractivity contribution in [2.24, 2.45) is 5.41 Å². The third-order valence-electron chi connectivity index (χ3n) is 4.23. The minimum Gasteiger partial charge on any atom is -0.361 e. The molecule has 0 aliphatic heterocycles. The molecule has 1 aromatic heterocycles. The lowest BCUT2D eigenvalue weighted by Gasteiger charge is -2.23. The quantitative estimate of drug-likeness (QED) is 0.833. The lowest BCUT2D eigenvalue weighted by atomic mass is 10.1. The van der Waals surface area contributed by atoms with E-state index in [1.807, 2.05) is 0 Å². The van der Waals surface area contributed by atoms with Crippen molar-refractivity contribution in [3.8, 4) is 0 Å². The molecule has 3 nitrogen and oxygen atoms in total. The van der Waals surface area contributed by atoms with Crippen molar-refractivity contribution >= 4 is 10.9 Å². The average Bonchev–Trinajstić information content (AvgIpc) is 3.02. The van der Waals surface area contributed by atoms with Crippen LogP contribution in [0.25, 0.3) is 10.9 Å². The number of H-pyrrole nitrogens is 1. The lowest BCUT2D eigenvalue weighted by molar-refractivity contribution is 0.253. The number of aromatic nitrogens is 1. The molecule has 19 heavy (non-hydrogen) atoms. The highest BCUT2D eigenvalue weighted by Crippen LogP contribution is 2.45. The van der Waals surface area contributed by atoms with E-state index in [1.165, 1.54) is 35.9 Å². The van der Waals surface area contributed by atoms with Crippen LogP contribution in [0.1, 0.15) is 18.4 Å². The van der Waals surface area contributed by atoms with Gasteiger partial charge < -0.3 is 15.2 Å². The third kappa shape index (κ3) is 2.67. The molecule has 0 saturated heterocycles. The van der Waals surface area contributed by atoms with Crippen molar-refractivity contribution in [2.75, 3.05) is 27.2 Å². The molecule has 0 spiro atoms. The van der Waals surface area contributed by atoms with E-state index < -0.39 is 0 Å². The Bertz CT molecular complexity index is 554. The molecule has 0 bridgehead atoms. The molecular weight excluding hydrogens is 234 g/mol. The largest absolute Gasteiger partial charge is 0.361 e. The molecule has 0 unspecified atom stereocenters. The van der Waals surface area contributed by atoms with E-state index in [-0.39, 0.29) is 0 Å². The van der Waals surface area contributed by atoms with Crippen LogP contribution in [0.2, 0.25) is 0 Å². The molecule has 0 amide bonds. The topological polar surface area (TPSA) is 31.1 Å². The zero-order chi connectivity index (χ0) is 13.3. The number of rotatable bonds is 6. The molecule has 102 valence electrons. The molecule has 3 heteroatoms. The van der Waals surface area contributed by atoms with E-state index in [4.69, 9.17) is 0 Å². The van der Waals surface area contributed by atoms with E-state index in [9.17, 15) is 0 Å². The monoisotopic (exact) mass is 257 g/mol. The summed E-state index contributed by atoms with van der Waals surface area (Å²) < 4.78 is 0. The maximum Gasteiger partial charge on any atom is 0.0457 e. The van der Waals surface area contributed by atoms with Gasteiger partial charge in [0.05, 0.1) is 0 Å². The first kappa shape index (κ1) is 12.7. The Balaban J connectivity index is 1.68. The van der Waals surface area contributed by atoms with E-state index in [0.29, 0.717) is 5.41 Å². The second-order valence-corrected chi connectivity index (χ2v) is 6.06. The van der Waals surface area contributed by atoms with Crippen LogP contribution in [0.15, 0.2) is 30.5 Å². The van der Waals surface area contributed by atoms with Crippen molar-refractivity contribution in [2.45, 2.75) is 19.4 Å². The van der Waals surface area contributed by atoms with Crippen molar-refractivity contribution in [3.63, 3.8) is 0 Å².